The molecule has 1 heterocycles. The van der Waals surface area contributed by atoms with E-state index < -0.39 is 16.7 Å². The Bertz CT molecular complexity index is 953. The van der Waals surface area contributed by atoms with Gasteiger partial charge in [0.25, 0.3) is 5.69 Å². The molecule has 0 atom stereocenters. The van der Waals surface area contributed by atoms with E-state index in [-0.39, 0.29) is 5.69 Å². The number of benzene rings is 2. The van der Waals surface area contributed by atoms with Crippen LogP contribution in [0.15, 0.2) is 42.5 Å². The van der Waals surface area contributed by atoms with E-state index in [1.54, 1.807) is 22.9 Å². The van der Waals surface area contributed by atoms with Gasteiger partial charge in [-0.25, -0.2) is 0 Å². The molecule has 0 unspecified atom stereocenters. The molecule has 25 heavy (non-hydrogen) atoms. The first kappa shape index (κ1) is 17.6. The summed E-state index contributed by atoms with van der Waals surface area (Å²) in [5.41, 5.74) is 0.386. The molecule has 0 fully saturated rings. The summed E-state index contributed by atoms with van der Waals surface area (Å²) in [6.07, 6.45) is -4.05. The van der Waals surface area contributed by atoms with Crippen molar-refractivity contribution in [2.24, 2.45) is 0 Å². The Kier molecular flexibility index (Phi) is 4.67. The Hall–Kier alpha value is -2.17. The highest BCUT2D eigenvalue weighted by Crippen LogP contribution is 2.31. The molecule has 0 N–H and O–H groups in total. The van der Waals surface area contributed by atoms with Crippen molar-refractivity contribution < 1.29 is 18.1 Å². The SMILES string of the molecule is O=[N+]([O-])c1cccc2c1c(I)nn2CCc1cccc(C(F)(F)F)c1. The third kappa shape index (κ3) is 3.60. The van der Waals surface area contributed by atoms with Crippen molar-refractivity contribution in [2.45, 2.75) is 19.1 Å². The van der Waals surface area contributed by atoms with Crippen LogP contribution < -0.4 is 0 Å². The predicted octanol–water partition coefficient (Wildman–Crippen LogP) is 4.81. The molecule has 9 heteroatoms. The molecule has 0 saturated heterocycles. The van der Waals surface area contributed by atoms with Crippen molar-refractivity contribution >= 4 is 39.2 Å². The summed E-state index contributed by atoms with van der Waals surface area (Å²) < 4.78 is 40.4. The number of halogens is 4. The van der Waals surface area contributed by atoms with Gasteiger partial charge in [0.1, 0.15) is 9.09 Å². The second-order valence-electron chi connectivity index (χ2n) is 5.39. The summed E-state index contributed by atoms with van der Waals surface area (Å²) in [5, 5.41) is 15.9. The van der Waals surface area contributed by atoms with Crippen LogP contribution in [0.5, 0.6) is 0 Å². The molecule has 0 aliphatic carbocycles. The third-order valence-electron chi connectivity index (χ3n) is 3.78. The predicted molar refractivity (Wildman–Crippen MR) is 94.3 cm³/mol. The van der Waals surface area contributed by atoms with Crippen LogP contribution in [0.3, 0.4) is 0 Å². The Labute approximate surface area is 153 Å². The summed E-state index contributed by atoms with van der Waals surface area (Å²) in [6.45, 7) is 0.321. The van der Waals surface area contributed by atoms with E-state index in [0.717, 1.165) is 12.1 Å². The number of aromatic nitrogens is 2. The lowest BCUT2D eigenvalue weighted by Gasteiger charge is -2.09. The minimum absolute atomic E-state index is 0.0350. The van der Waals surface area contributed by atoms with Crippen LogP contribution in [0.25, 0.3) is 10.9 Å². The monoisotopic (exact) mass is 461 g/mol. The highest BCUT2D eigenvalue weighted by atomic mass is 127. The first-order chi connectivity index (χ1) is 11.8. The molecule has 0 spiro atoms. The molecule has 5 nitrogen and oxygen atoms in total. The van der Waals surface area contributed by atoms with Gasteiger partial charge in [-0.3, -0.25) is 14.8 Å². The lowest BCUT2D eigenvalue weighted by molar-refractivity contribution is -0.383. The quantitative estimate of drug-likeness (QED) is 0.319. The number of rotatable bonds is 4. The van der Waals surface area contributed by atoms with Gasteiger partial charge in [0, 0.05) is 12.6 Å². The highest BCUT2D eigenvalue weighted by molar-refractivity contribution is 14.1. The van der Waals surface area contributed by atoms with Gasteiger partial charge in [0.05, 0.1) is 16.0 Å². The maximum Gasteiger partial charge on any atom is 0.416 e. The fourth-order valence-electron chi connectivity index (χ4n) is 2.63. The molecule has 1 aromatic heterocycles. The molecule has 0 aliphatic rings. The van der Waals surface area contributed by atoms with E-state index in [1.165, 1.54) is 12.1 Å². The smallest absolute Gasteiger partial charge is 0.263 e. The first-order valence-electron chi connectivity index (χ1n) is 7.23. The van der Waals surface area contributed by atoms with E-state index in [9.17, 15) is 23.3 Å². The number of nitro benzene ring substituents is 1. The molecule has 2 aromatic carbocycles. The van der Waals surface area contributed by atoms with Gasteiger partial charge < -0.3 is 0 Å². The molecule has 0 amide bonds. The first-order valence-corrected chi connectivity index (χ1v) is 8.31. The Morgan fingerprint density at radius 1 is 1.20 bits per heavy atom. The molecule has 0 saturated carbocycles. The number of nitrogens with zero attached hydrogens (tertiary/aromatic N) is 3. The van der Waals surface area contributed by atoms with Gasteiger partial charge in [-0.05, 0) is 46.7 Å². The molecule has 0 aliphatic heterocycles. The standard InChI is InChI=1S/C16H11F3IN3O2/c17-16(18,19)11-4-1-3-10(9-11)7-8-22-12-5-2-6-13(23(24)25)14(12)15(20)21-22/h1-6,9H,7-8H2. The molecule has 3 aromatic rings. The number of nitro groups is 1. The van der Waals surface area contributed by atoms with Gasteiger partial charge in [-0.1, -0.05) is 24.3 Å². The lowest BCUT2D eigenvalue weighted by atomic mass is 10.1. The zero-order valence-electron chi connectivity index (χ0n) is 12.6. The van der Waals surface area contributed by atoms with Crippen LogP contribution in [0.1, 0.15) is 11.1 Å². The van der Waals surface area contributed by atoms with Crippen molar-refractivity contribution in [3.8, 4) is 0 Å². The van der Waals surface area contributed by atoms with Crippen molar-refractivity contribution in [1.29, 1.82) is 0 Å². The highest BCUT2D eigenvalue weighted by Gasteiger charge is 2.30. The zero-order chi connectivity index (χ0) is 18.2. The lowest BCUT2D eigenvalue weighted by Crippen LogP contribution is -2.07. The van der Waals surface area contributed by atoms with Gasteiger partial charge in [-0.2, -0.15) is 18.3 Å². The summed E-state index contributed by atoms with van der Waals surface area (Å²) in [6, 6.07) is 9.81. The minimum Gasteiger partial charge on any atom is -0.263 e. The second kappa shape index (κ2) is 6.62. The normalized spacial score (nSPS) is 11.8. The molecular weight excluding hydrogens is 450 g/mol. The van der Waals surface area contributed by atoms with Crippen LogP contribution in [0.4, 0.5) is 18.9 Å². The number of fused-ring (bicyclic) bond motifs is 1. The number of alkyl halides is 3. The number of hydrogen-bond acceptors (Lipinski definition) is 3. The molecular formula is C16H11F3IN3O2. The van der Waals surface area contributed by atoms with Crippen LogP contribution in [-0.4, -0.2) is 14.7 Å². The number of hydrogen-bond donors (Lipinski definition) is 0. The van der Waals surface area contributed by atoms with Crippen LogP contribution in [0.2, 0.25) is 0 Å². The van der Waals surface area contributed by atoms with Gasteiger partial charge in [0.15, 0.2) is 0 Å². The molecule has 0 bridgehead atoms. The van der Waals surface area contributed by atoms with E-state index in [1.807, 2.05) is 22.6 Å². The largest absolute Gasteiger partial charge is 0.416 e. The topological polar surface area (TPSA) is 61.0 Å². The Balaban J connectivity index is 1.90. The van der Waals surface area contributed by atoms with Crippen molar-refractivity contribution in [3.63, 3.8) is 0 Å². The van der Waals surface area contributed by atoms with Crippen LogP contribution in [-0.2, 0) is 19.1 Å². The summed E-state index contributed by atoms with van der Waals surface area (Å²) >= 11 is 1.92. The van der Waals surface area contributed by atoms with Crippen LogP contribution in [0, 0.1) is 13.8 Å². The van der Waals surface area contributed by atoms with Gasteiger partial charge in [-0.15, -0.1) is 0 Å². The average molecular weight is 461 g/mol. The van der Waals surface area contributed by atoms with Crippen molar-refractivity contribution in [2.75, 3.05) is 0 Å². The summed E-state index contributed by atoms with van der Waals surface area (Å²) in [5.74, 6) is 0. The Morgan fingerprint density at radius 2 is 1.92 bits per heavy atom. The van der Waals surface area contributed by atoms with Gasteiger partial charge in [0.2, 0.25) is 0 Å². The number of aryl methyl sites for hydroxylation is 2. The van der Waals surface area contributed by atoms with E-state index >= 15 is 0 Å². The third-order valence-corrected chi connectivity index (χ3v) is 4.53. The Morgan fingerprint density at radius 3 is 2.60 bits per heavy atom. The maximum atomic E-state index is 12.8. The molecule has 3 rings (SSSR count). The van der Waals surface area contributed by atoms with E-state index in [4.69, 9.17) is 0 Å². The average Bonchev–Trinajstić information content (AvgIpc) is 2.89. The van der Waals surface area contributed by atoms with E-state index in [0.29, 0.717) is 33.1 Å². The van der Waals surface area contributed by atoms with E-state index in [2.05, 4.69) is 5.10 Å². The van der Waals surface area contributed by atoms with Crippen LogP contribution >= 0.6 is 22.6 Å². The summed E-state index contributed by atoms with van der Waals surface area (Å²) in [4.78, 5) is 10.7. The summed E-state index contributed by atoms with van der Waals surface area (Å²) in [7, 11) is 0. The molecule has 0 radical (unpaired) electrons. The second-order valence-corrected chi connectivity index (χ2v) is 6.41. The van der Waals surface area contributed by atoms with Gasteiger partial charge >= 0.3 is 6.18 Å². The van der Waals surface area contributed by atoms with Crippen molar-refractivity contribution in [1.82, 2.24) is 9.78 Å². The fraction of sp³-hybridized carbons (Fsp3) is 0.188. The number of non-ortho nitro benzene ring substituents is 1. The zero-order valence-corrected chi connectivity index (χ0v) is 14.8. The van der Waals surface area contributed by atoms with Crippen molar-refractivity contribution in [3.05, 3.63) is 67.4 Å². The fourth-order valence-corrected chi connectivity index (χ4v) is 3.44. The minimum atomic E-state index is -4.38. The maximum absolute atomic E-state index is 12.8. The molecule has 130 valence electrons.